The zero-order valence-electron chi connectivity index (χ0n) is 18.8. The SMILES string of the molecule is Cc1nc(-c2ccccc2)sc1C(=O)C1=C(O)C(=O)N(c2cc(F)ccc2F)C1c1cccc(O)c1. The standard InChI is InChI=1S/C27H18F2N2O4S/c1-14-25(36-26(30-14)15-6-3-2-4-7-15)23(33)21-22(16-8-5-9-18(32)12-16)31(27(35)24(21)34)20-13-17(28)10-11-19(20)29/h2-13,22,32,34H,1H3. The van der Waals surface area contributed by atoms with Gasteiger partial charge in [0.15, 0.2) is 5.76 Å². The number of aliphatic hydroxyl groups is 1. The number of halogens is 2. The number of hydrogen-bond acceptors (Lipinski definition) is 6. The minimum absolute atomic E-state index is 0.168. The third kappa shape index (κ3) is 3.93. The summed E-state index contributed by atoms with van der Waals surface area (Å²) in [5, 5.41) is 21.5. The van der Waals surface area contributed by atoms with Crippen molar-refractivity contribution < 1.29 is 28.6 Å². The van der Waals surface area contributed by atoms with E-state index in [9.17, 15) is 28.6 Å². The fraction of sp³-hybridized carbons (Fsp3) is 0.0741. The van der Waals surface area contributed by atoms with E-state index in [1.807, 2.05) is 30.3 Å². The Morgan fingerprint density at radius 2 is 1.75 bits per heavy atom. The van der Waals surface area contributed by atoms with Gasteiger partial charge in [-0.25, -0.2) is 13.8 Å². The highest BCUT2D eigenvalue weighted by Gasteiger charge is 2.46. The fourth-order valence-electron chi connectivity index (χ4n) is 4.20. The van der Waals surface area contributed by atoms with Gasteiger partial charge in [-0.2, -0.15) is 0 Å². The molecule has 0 aliphatic carbocycles. The molecule has 1 atom stereocenters. The van der Waals surface area contributed by atoms with Crippen LogP contribution in [0.1, 0.15) is 27.0 Å². The molecular weight excluding hydrogens is 486 g/mol. The maximum absolute atomic E-state index is 14.8. The maximum atomic E-state index is 14.8. The number of thiazole rings is 1. The van der Waals surface area contributed by atoms with Crippen LogP contribution >= 0.6 is 11.3 Å². The number of aryl methyl sites for hydroxylation is 1. The predicted octanol–water partition coefficient (Wildman–Crippen LogP) is 5.89. The van der Waals surface area contributed by atoms with E-state index in [0.717, 1.165) is 40.0 Å². The number of nitrogens with zero attached hydrogens (tertiary/aromatic N) is 2. The average Bonchev–Trinajstić information content (AvgIpc) is 3.38. The van der Waals surface area contributed by atoms with Gasteiger partial charge in [0, 0.05) is 11.6 Å². The lowest BCUT2D eigenvalue weighted by molar-refractivity contribution is -0.117. The van der Waals surface area contributed by atoms with E-state index < -0.39 is 40.8 Å². The zero-order chi connectivity index (χ0) is 25.6. The van der Waals surface area contributed by atoms with Crippen LogP contribution in [0.3, 0.4) is 0 Å². The summed E-state index contributed by atoms with van der Waals surface area (Å²) in [6.45, 7) is 1.64. The van der Waals surface area contributed by atoms with Gasteiger partial charge >= 0.3 is 0 Å². The number of phenolic OH excluding ortho intramolecular Hbond substituents is 1. The number of aromatic hydroxyl groups is 1. The van der Waals surface area contributed by atoms with Crippen LogP contribution in [0.5, 0.6) is 5.75 Å². The van der Waals surface area contributed by atoms with Crippen LogP contribution in [0.15, 0.2) is 84.1 Å². The van der Waals surface area contributed by atoms with Gasteiger partial charge in [-0.15, -0.1) is 11.3 Å². The lowest BCUT2D eigenvalue weighted by Gasteiger charge is -2.27. The summed E-state index contributed by atoms with van der Waals surface area (Å²) in [5.41, 5.74) is 0.638. The van der Waals surface area contributed by atoms with Crippen LogP contribution in [0.4, 0.5) is 14.5 Å². The molecule has 1 aliphatic rings. The second-order valence-electron chi connectivity index (χ2n) is 8.16. The lowest BCUT2D eigenvalue weighted by Crippen LogP contribution is -2.32. The normalized spacial score (nSPS) is 15.6. The molecule has 1 unspecified atom stereocenters. The summed E-state index contributed by atoms with van der Waals surface area (Å²) >= 11 is 1.09. The van der Waals surface area contributed by atoms with Crippen molar-refractivity contribution in [2.24, 2.45) is 0 Å². The molecule has 9 heteroatoms. The summed E-state index contributed by atoms with van der Waals surface area (Å²) in [4.78, 5) is 32.5. The maximum Gasteiger partial charge on any atom is 0.294 e. The number of carbonyl (C=O) groups excluding carboxylic acids is 2. The molecule has 2 N–H and O–H groups in total. The molecule has 1 aliphatic heterocycles. The minimum Gasteiger partial charge on any atom is -0.508 e. The third-order valence-corrected chi connectivity index (χ3v) is 7.04. The second kappa shape index (κ2) is 9.01. The first-order valence-electron chi connectivity index (χ1n) is 10.8. The molecule has 1 amide bonds. The Bertz CT molecular complexity index is 1550. The molecule has 36 heavy (non-hydrogen) atoms. The van der Waals surface area contributed by atoms with Crippen molar-refractivity contribution in [3.8, 4) is 16.3 Å². The van der Waals surface area contributed by atoms with Crippen LogP contribution in [0.25, 0.3) is 10.6 Å². The highest BCUT2D eigenvalue weighted by molar-refractivity contribution is 7.17. The number of Topliss-reactive ketones (excluding diaryl/α,β-unsaturated/α-hetero) is 1. The molecule has 4 aromatic rings. The van der Waals surface area contributed by atoms with Gasteiger partial charge in [0.05, 0.1) is 27.9 Å². The van der Waals surface area contributed by atoms with Gasteiger partial charge in [0.1, 0.15) is 22.4 Å². The van der Waals surface area contributed by atoms with Gasteiger partial charge in [-0.05, 0) is 36.8 Å². The number of ketones is 1. The molecule has 0 saturated carbocycles. The third-order valence-electron chi connectivity index (χ3n) is 5.83. The van der Waals surface area contributed by atoms with E-state index in [4.69, 9.17) is 0 Å². The van der Waals surface area contributed by atoms with Crippen LogP contribution in [-0.2, 0) is 4.79 Å². The van der Waals surface area contributed by atoms with Crippen molar-refractivity contribution >= 4 is 28.7 Å². The number of phenols is 1. The average molecular weight is 505 g/mol. The largest absolute Gasteiger partial charge is 0.508 e. The van der Waals surface area contributed by atoms with Gasteiger partial charge in [-0.3, -0.25) is 14.5 Å². The Hall–Kier alpha value is -4.37. The number of benzene rings is 3. The Morgan fingerprint density at radius 3 is 2.47 bits per heavy atom. The van der Waals surface area contributed by atoms with Crippen molar-refractivity contribution in [3.05, 3.63) is 112 Å². The van der Waals surface area contributed by atoms with Crippen molar-refractivity contribution in [2.45, 2.75) is 13.0 Å². The molecule has 5 rings (SSSR count). The monoisotopic (exact) mass is 504 g/mol. The first-order valence-corrected chi connectivity index (χ1v) is 11.7. The van der Waals surface area contributed by atoms with E-state index in [-0.39, 0.29) is 21.8 Å². The molecule has 0 bridgehead atoms. The Balaban J connectivity index is 1.67. The second-order valence-corrected chi connectivity index (χ2v) is 9.16. The quantitative estimate of drug-likeness (QED) is 0.331. The molecule has 0 saturated heterocycles. The number of amides is 1. The molecular formula is C27H18F2N2O4S. The fourth-order valence-corrected chi connectivity index (χ4v) is 5.23. The first-order chi connectivity index (χ1) is 17.3. The Labute approximate surface area is 208 Å². The molecule has 0 fully saturated rings. The molecule has 1 aromatic heterocycles. The first kappa shape index (κ1) is 23.4. The van der Waals surface area contributed by atoms with E-state index in [1.54, 1.807) is 6.92 Å². The topological polar surface area (TPSA) is 90.7 Å². The van der Waals surface area contributed by atoms with Gasteiger partial charge in [0.25, 0.3) is 5.91 Å². The van der Waals surface area contributed by atoms with Gasteiger partial charge in [-0.1, -0.05) is 42.5 Å². The van der Waals surface area contributed by atoms with Crippen molar-refractivity contribution in [1.29, 1.82) is 0 Å². The van der Waals surface area contributed by atoms with Crippen molar-refractivity contribution in [3.63, 3.8) is 0 Å². The summed E-state index contributed by atoms with van der Waals surface area (Å²) in [6.07, 6.45) is 0. The van der Waals surface area contributed by atoms with Crippen molar-refractivity contribution in [2.75, 3.05) is 4.90 Å². The Morgan fingerprint density at radius 1 is 1.00 bits per heavy atom. The van der Waals surface area contributed by atoms with Crippen molar-refractivity contribution in [1.82, 2.24) is 4.98 Å². The van der Waals surface area contributed by atoms with E-state index in [0.29, 0.717) is 10.7 Å². The van der Waals surface area contributed by atoms with E-state index >= 15 is 0 Å². The number of anilines is 1. The Kier molecular flexibility index (Phi) is 5.85. The van der Waals surface area contributed by atoms with Crippen LogP contribution in [0.2, 0.25) is 0 Å². The number of aliphatic hydroxyl groups excluding tert-OH is 1. The molecule has 180 valence electrons. The van der Waals surface area contributed by atoms with Crippen LogP contribution in [-0.4, -0.2) is 26.9 Å². The molecule has 0 radical (unpaired) electrons. The van der Waals surface area contributed by atoms with Crippen LogP contribution in [0, 0.1) is 18.6 Å². The van der Waals surface area contributed by atoms with Gasteiger partial charge < -0.3 is 10.2 Å². The van der Waals surface area contributed by atoms with E-state index in [1.165, 1.54) is 24.3 Å². The highest BCUT2D eigenvalue weighted by Crippen LogP contribution is 2.44. The zero-order valence-corrected chi connectivity index (χ0v) is 19.6. The summed E-state index contributed by atoms with van der Waals surface area (Å²) < 4.78 is 28.9. The summed E-state index contributed by atoms with van der Waals surface area (Å²) in [7, 11) is 0. The van der Waals surface area contributed by atoms with Crippen LogP contribution < -0.4 is 4.90 Å². The highest BCUT2D eigenvalue weighted by atomic mass is 32.1. The summed E-state index contributed by atoms with van der Waals surface area (Å²) in [5.74, 6) is -4.52. The number of rotatable bonds is 5. The summed E-state index contributed by atoms with van der Waals surface area (Å²) in [6, 6.07) is 16.1. The molecule has 0 spiro atoms. The number of hydrogen-bond donors (Lipinski definition) is 2. The number of carbonyl (C=O) groups is 2. The number of aromatic nitrogens is 1. The molecule has 2 heterocycles. The predicted molar refractivity (Wildman–Crippen MR) is 131 cm³/mol. The molecule has 6 nitrogen and oxygen atoms in total. The van der Waals surface area contributed by atoms with Gasteiger partial charge in [0.2, 0.25) is 5.78 Å². The smallest absolute Gasteiger partial charge is 0.294 e. The lowest BCUT2D eigenvalue weighted by atomic mass is 9.94. The molecule has 3 aromatic carbocycles. The van der Waals surface area contributed by atoms with E-state index in [2.05, 4.69) is 4.98 Å². The minimum atomic E-state index is -1.32.